The van der Waals surface area contributed by atoms with Crippen molar-refractivity contribution in [2.24, 2.45) is 5.92 Å². The highest BCUT2D eigenvalue weighted by atomic mass is 35.5. The van der Waals surface area contributed by atoms with Crippen molar-refractivity contribution in [2.75, 3.05) is 12.1 Å². The predicted molar refractivity (Wildman–Crippen MR) is 74.0 cm³/mol. The average molecular weight is 285 g/mol. The summed E-state index contributed by atoms with van der Waals surface area (Å²) in [7, 11) is 0. The molecule has 19 heavy (non-hydrogen) atoms. The summed E-state index contributed by atoms with van der Waals surface area (Å²) in [6.07, 6.45) is 0. The fourth-order valence-electron chi connectivity index (χ4n) is 1.54. The first-order chi connectivity index (χ1) is 8.97. The fraction of sp³-hybridized carbons (Fsp3) is 0.462. The number of carbonyl (C=O) groups is 1. The van der Waals surface area contributed by atoms with Crippen LogP contribution in [0.4, 0.5) is 10.5 Å². The molecule has 0 saturated carbocycles. The van der Waals surface area contributed by atoms with E-state index in [0.29, 0.717) is 28.1 Å². The number of ether oxygens (including phenoxy) is 2. The van der Waals surface area contributed by atoms with Gasteiger partial charge in [-0.2, -0.15) is 0 Å². The molecule has 0 radical (unpaired) electrons. The number of hydrogen-bond donors (Lipinski definition) is 2. The average Bonchev–Trinajstić information content (AvgIpc) is 2.76. The number of urea groups is 1. The van der Waals surface area contributed by atoms with Gasteiger partial charge in [0.15, 0.2) is 11.5 Å². The summed E-state index contributed by atoms with van der Waals surface area (Å²) in [5.74, 6) is 1.53. The summed E-state index contributed by atoms with van der Waals surface area (Å²) in [5.41, 5.74) is 0.499. The van der Waals surface area contributed by atoms with E-state index >= 15 is 0 Å². The highest BCUT2D eigenvalue weighted by molar-refractivity contribution is 6.34. The highest BCUT2D eigenvalue weighted by Gasteiger charge is 2.18. The number of fused-ring (bicyclic) bond motifs is 1. The van der Waals surface area contributed by atoms with Crippen LogP contribution in [0.15, 0.2) is 12.1 Å². The largest absolute Gasteiger partial charge is 0.454 e. The van der Waals surface area contributed by atoms with Gasteiger partial charge in [-0.25, -0.2) is 4.79 Å². The zero-order valence-electron chi connectivity index (χ0n) is 11.1. The van der Waals surface area contributed by atoms with Crippen molar-refractivity contribution in [1.29, 1.82) is 0 Å². The molecule has 0 bridgehead atoms. The van der Waals surface area contributed by atoms with E-state index in [-0.39, 0.29) is 18.9 Å². The quantitative estimate of drug-likeness (QED) is 0.896. The van der Waals surface area contributed by atoms with Gasteiger partial charge in [0.1, 0.15) is 0 Å². The minimum atomic E-state index is -0.290. The van der Waals surface area contributed by atoms with E-state index in [1.165, 1.54) is 0 Å². The molecule has 2 N–H and O–H groups in total. The second-order valence-corrected chi connectivity index (χ2v) is 5.22. The molecule has 1 aliphatic rings. The molecule has 1 atom stereocenters. The second kappa shape index (κ2) is 5.57. The van der Waals surface area contributed by atoms with Gasteiger partial charge in [-0.3, -0.25) is 0 Å². The van der Waals surface area contributed by atoms with Crippen LogP contribution in [0.3, 0.4) is 0 Å². The molecule has 1 aromatic carbocycles. The van der Waals surface area contributed by atoms with Gasteiger partial charge in [-0.05, 0) is 12.8 Å². The standard InChI is InChI=1S/C13H17ClN2O3/c1-7(2)8(3)15-13(17)16-10-5-12-11(4-9(10)14)18-6-19-12/h4-5,7-8H,6H2,1-3H3,(H2,15,16,17)/t8-/m1/s1. The molecular formula is C13H17ClN2O3. The first-order valence-corrected chi connectivity index (χ1v) is 6.52. The van der Waals surface area contributed by atoms with E-state index < -0.39 is 0 Å². The van der Waals surface area contributed by atoms with E-state index in [1.54, 1.807) is 12.1 Å². The Morgan fingerprint density at radius 2 is 1.89 bits per heavy atom. The molecule has 0 aromatic heterocycles. The topological polar surface area (TPSA) is 59.6 Å². The molecular weight excluding hydrogens is 268 g/mol. The maximum absolute atomic E-state index is 11.8. The van der Waals surface area contributed by atoms with Crippen LogP contribution >= 0.6 is 11.6 Å². The zero-order chi connectivity index (χ0) is 14.0. The van der Waals surface area contributed by atoms with Gasteiger partial charge in [-0.15, -0.1) is 0 Å². The lowest BCUT2D eigenvalue weighted by Gasteiger charge is -2.18. The summed E-state index contributed by atoms with van der Waals surface area (Å²) in [6, 6.07) is 3.07. The molecule has 6 heteroatoms. The fourth-order valence-corrected chi connectivity index (χ4v) is 1.75. The maximum Gasteiger partial charge on any atom is 0.319 e. The van der Waals surface area contributed by atoms with Gasteiger partial charge in [0.2, 0.25) is 6.79 Å². The van der Waals surface area contributed by atoms with Crippen molar-refractivity contribution < 1.29 is 14.3 Å². The van der Waals surface area contributed by atoms with Crippen LogP contribution in [0.2, 0.25) is 5.02 Å². The number of nitrogens with one attached hydrogen (secondary N) is 2. The van der Waals surface area contributed by atoms with Gasteiger partial charge in [0, 0.05) is 18.2 Å². The number of anilines is 1. The molecule has 1 heterocycles. The molecule has 2 amide bonds. The number of rotatable bonds is 3. The Morgan fingerprint density at radius 3 is 2.53 bits per heavy atom. The lowest BCUT2D eigenvalue weighted by atomic mass is 10.1. The van der Waals surface area contributed by atoms with Crippen LogP contribution in [-0.2, 0) is 0 Å². The monoisotopic (exact) mass is 284 g/mol. The van der Waals surface area contributed by atoms with Crippen LogP contribution in [0.25, 0.3) is 0 Å². The van der Waals surface area contributed by atoms with Crippen molar-refractivity contribution in [2.45, 2.75) is 26.8 Å². The Kier molecular flexibility index (Phi) is 4.04. The Bertz CT molecular complexity index is 491. The summed E-state index contributed by atoms with van der Waals surface area (Å²) in [5, 5.41) is 5.96. The minimum Gasteiger partial charge on any atom is -0.454 e. The van der Waals surface area contributed by atoms with E-state index in [9.17, 15) is 4.79 Å². The van der Waals surface area contributed by atoms with Gasteiger partial charge in [0.05, 0.1) is 10.7 Å². The predicted octanol–water partition coefficient (Wildman–Crippen LogP) is 3.23. The number of carbonyl (C=O) groups excluding carboxylic acids is 1. The maximum atomic E-state index is 11.8. The smallest absolute Gasteiger partial charge is 0.319 e. The van der Waals surface area contributed by atoms with E-state index in [4.69, 9.17) is 21.1 Å². The Hall–Kier alpha value is -1.62. The molecule has 2 rings (SSSR count). The third-order valence-corrected chi connectivity index (χ3v) is 3.38. The van der Waals surface area contributed by atoms with Gasteiger partial charge in [-0.1, -0.05) is 25.4 Å². The van der Waals surface area contributed by atoms with Gasteiger partial charge >= 0.3 is 6.03 Å². The number of hydrogen-bond acceptors (Lipinski definition) is 3. The third-order valence-electron chi connectivity index (χ3n) is 3.07. The summed E-state index contributed by atoms with van der Waals surface area (Å²) >= 11 is 6.07. The number of halogens is 1. The zero-order valence-corrected chi connectivity index (χ0v) is 11.9. The lowest BCUT2D eigenvalue weighted by molar-refractivity contribution is 0.174. The van der Waals surface area contributed by atoms with Crippen LogP contribution in [-0.4, -0.2) is 18.9 Å². The van der Waals surface area contributed by atoms with Gasteiger partial charge in [0.25, 0.3) is 0 Å². The first kappa shape index (κ1) is 13.8. The molecule has 1 aliphatic heterocycles. The third kappa shape index (κ3) is 3.23. The Labute approximate surface area is 117 Å². The summed E-state index contributed by atoms with van der Waals surface area (Å²) in [4.78, 5) is 11.8. The van der Waals surface area contributed by atoms with Crippen molar-refractivity contribution in [3.63, 3.8) is 0 Å². The molecule has 5 nitrogen and oxygen atoms in total. The Morgan fingerprint density at radius 1 is 1.26 bits per heavy atom. The number of amides is 2. The summed E-state index contributed by atoms with van der Waals surface area (Å²) in [6.45, 7) is 6.20. The van der Waals surface area contributed by atoms with E-state index in [1.807, 2.05) is 20.8 Å². The molecule has 0 fully saturated rings. The van der Waals surface area contributed by atoms with Crippen molar-refractivity contribution in [3.8, 4) is 11.5 Å². The highest BCUT2D eigenvalue weighted by Crippen LogP contribution is 2.39. The van der Waals surface area contributed by atoms with E-state index in [0.717, 1.165) is 0 Å². The molecule has 0 spiro atoms. The van der Waals surface area contributed by atoms with Crippen LogP contribution in [0, 0.1) is 5.92 Å². The first-order valence-electron chi connectivity index (χ1n) is 6.14. The molecule has 1 aromatic rings. The second-order valence-electron chi connectivity index (χ2n) is 4.82. The SMILES string of the molecule is CC(C)[C@@H](C)NC(=O)Nc1cc2c(cc1Cl)OCO2. The van der Waals surface area contributed by atoms with Crippen molar-refractivity contribution in [1.82, 2.24) is 5.32 Å². The van der Waals surface area contributed by atoms with E-state index in [2.05, 4.69) is 10.6 Å². The van der Waals surface area contributed by atoms with Crippen LogP contribution in [0.5, 0.6) is 11.5 Å². The molecule has 104 valence electrons. The molecule has 0 aliphatic carbocycles. The van der Waals surface area contributed by atoms with Gasteiger partial charge < -0.3 is 20.1 Å². The minimum absolute atomic E-state index is 0.0767. The Balaban J connectivity index is 2.05. The lowest BCUT2D eigenvalue weighted by Crippen LogP contribution is -2.39. The van der Waals surface area contributed by atoms with Crippen LogP contribution in [0.1, 0.15) is 20.8 Å². The molecule has 0 saturated heterocycles. The van der Waals surface area contributed by atoms with Crippen LogP contribution < -0.4 is 20.1 Å². The van der Waals surface area contributed by atoms with Crippen molar-refractivity contribution in [3.05, 3.63) is 17.2 Å². The normalized spacial score (nSPS) is 14.4. The number of benzene rings is 1. The summed E-state index contributed by atoms with van der Waals surface area (Å²) < 4.78 is 10.4. The van der Waals surface area contributed by atoms with Crippen molar-refractivity contribution >= 4 is 23.3 Å². The molecule has 0 unspecified atom stereocenters.